The second-order valence-corrected chi connectivity index (χ2v) is 4.73. The maximum atomic E-state index is 13.7. The summed E-state index contributed by atoms with van der Waals surface area (Å²) < 4.78 is 32.3. The fourth-order valence-electron chi connectivity index (χ4n) is 2.26. The smallest absolute Gasteiger partial charge is 0.168 e. The lowest BCUT2D eigenvalue weighted by molar-refractivity contribution is 0.421. The number of halogens is 2. The van der Waals surface area contributed by atoms with Crippen molar-refractivity contribution in [3.05, 3.63) is 59.7 Å². The van der Waals surface area contributed by atoms with Crippen LogP contribution in [0.2, 0.25) is 0 Å². The molecule has 0 saturated carbocycles. The van der Waals surface area contributed by atoms with Gasteiger partial charge in [-0.1, -0.05) is 32.0 Å². The predicted octanol–water partition coefficient (Wildman–Crippen LogP) is 4.82. The first-order valence-electron chi connectivity index (χ1n) is 7.10. The fourth-order valence-corrected chi connectivity index (χ4v) is 2.26. The van der Waals surface area contributed by atoms with Crippen molar-refractivity contribution in [2.75, 3.05) is 6.54 Å². The summed E-state index contributed by atoms with van der Waals surface area (Å²) in [4.78, 5) is 0. The van der Waals surface area contributed by atoms with Crippen LogP contribution < -0.4 is 10.1 Å². The van der Waals surface area contributed by atoms with E-state index in [2.05, 4.69) is 12.2 Å². The lowest BCUT2D eigenvalue weighted by Crippen LogP contribution is -2.20. The zero-order valence-electron chi connectivity index (χ0n) is 12.2. The molecule has 112 valence electrons. The standard InChI is InChI=1S/C17H19F2NO/c1-3-15(20-4-2)13-7-5-6-8-16(13)21-17-10-9-12(18)11-14(17)19/h5-11,15,20H,3-4H2,1-2H3. The van der Waals surface area contributed by atoms with E-state index in [1.807, 2.05) is 25.1 Å². The van der Waals surface area contributed by atoms with Gasteiger partial charge >= 0.3 is 0 Å². The highest BCUT2D eigenvalue weighted by Gasteiger charge is 2.15. The number of hydrogen-bond donors (Lipinski definition) is 1. The van der Waals surface area contributed by atoms with Gasteiger partial charge in [0, 0.05) is 17.7 Å². The van der Waals surface area contributed by atoms with Crippen molar-refractivity contribution in [2.45, 2.75) is 26.3 Å². The van der Waals surface area contributed by atoms with Crippen LogP contribution in [0.5, 0.6) is 11.5 Å². The topological polar surface area (TPSA) is 21.3 Å². The molecule has 0 amide bonds. The molecule has 1 N–H and O–H groups in total. The van der Waals surface area contributed by atoms with Crippen LogP contribution in [-0.4, -0.2) is 6.54 Å². The average Bonchev–Trinajstić information content (AvgIpc) is 2.48. The third-order valence-corrected chi connectivity index (χ3v) is 3.27. The van der Waals surface area contributed by atoms with Crippen molar-refractivity contribution in [2.24, 2.45) is 0 Å². The van der Waals surface area contributed by atoms with Crippen LogP contribution in [0.3, 0.4) is 0 Å². The fraction of sp³-hybridized carbons (Fsp3) is 0.294. The molecule has 0 spiro atoms. The Morgan fingerprint density at radius 3 is 2.48 bits per heavy atom. The molecule has 21 heavy (non-hydrogen) atoms. The molecule has 0 saturated heterocycles. The van der Waals surface area contributed by atoms with E-state index in [-0.39, 0.29) is 11.8 Å². The molecule has 0 radical (unpaired) electrons. The highest BCUT2D eigenvalue weighted by atomic mass is 19.1. The van der Waals surface area contributed by atoms with E-state index in [1.165, 1.54) is 12.1 Å². The second-order valence-electron chi connectivity index (χ2n) is 4.73. The lowest BCUT2D eigenvalue weighted by atomic mass is 10.0. The number of para-hydroxylation sites is 1. The van der Waals surface area contributed by atoms with E-state index < -0.39 is 11.6 Å². The molecule has 1 unspecified atom stereocenters. The van der Waals surface area contributed by atoms with Gasteiger partial charge in [0.1, 0.15) is 11.6 Å². The Kier molecular flexibility index (Phi) is 5.28. The third-order valence-electron chi connectivity index (χ3n) is 3.27. The molecule has 0 aliphatic rings. The van der Waals surface area contributed by atoms with Gasteiger partial charge in [-0.2, -0.15) is 0 Å². The molecule has 0 fully saturated rings. The van der Waals surface area contributed by atoms with Gasteiger partial charge in [0.15, 0.2) is 11.6 Å². The average molecular weight is 291 g/mol. The minimum Gasteiger partial charge on any atom is -0.454 e. The van der Waals surface area contributed by atoms with Crippen molar-refractivity contribution >= 4 is 0 Å². The van der Waals surface area contributed by atoms with E-state index in [1.54, 1.807) is 6.07 Å². The van der Waals surface area contributed by atoms with E-state index in [0.29, 0.717) is 5.75 Å². The summed E-state index contributed by atoms with van der Waals surface area (Å²) in [5.41, 5.74) is 0.963. The minimum atomic E-state index is -0.707. The molecule has 4 heteroatoms. The molecule has 1 atom stereocenters. The molecule has 0 bridgehead atoms. The number of ether oxygens (including phenoxy) is 1. The summed E-state index contributed by atoms with van der Waals surface area (Å²) in [5.74, 6) is -0.723. The summed E-state index contributed by atoms with van der Waals surface area (Å²) in [6.45, 7) is 4.94. The van der Waals surface area contributed by atoms with Crippen molar-refractivity contribution in [1.29, 1.82) is 0 Å². The van der Waals surface area contributed by atoms with Crippen LogP contribution in [0.4, 0.5) is 8.78 Å². The van der Waals surface area contributed by atoms with Gasteiger partial charge in [-0.3, -0.25) is 0 Å². The van der Waals surface area contributed by atoms with Gasteiger partial charge in [-0.05, 0) is 31.2 Å². The van der Waals surface area contributed by atoms with Crippen LogP contribution in [0.15, 0.2) is 42.5 Å². The predicted molar refractivity (Wildman–Crippen MR) is 79.6 cm³/mol. The molecular weight excluding hydrogens is 272 g/mol. The Balaban J connectivity index is 2.31. The third kappa shape index (κ3) is 3.79. The Hall–Kier alpha value is -1.94. The first-order chi connectivity index (χ1) is 10.2. The summed E-state index contributed by atoms with van der Waals surface area (Å²) in [6.07, 6.45) is 0.889. The van der Waals surface area contributed by atoms with E-state index >= 15 is 0 Å². The SMILES string of the molecule is CCNC(CC)c1ccccc1Oc1ccc(F)cc1F. The molecule has 0 aromatic heterocycles. The molecule has 0 heterocycles. The number of rotatable bonds is 6. The van der Waals surface area contributed by atoms with Crippen molar-refractivity contribution in [3.8, 4) is 11.5 Å². The summed E-state index contributed by atoms with van der Waals surface area (Å²) >= 11 is 0. The highest BCUT2D eigenvalue weighted by Crippen LogP contribution is 2.32. The first-order valence-corrected chi connectivity index (χ1v) is 7.10. The van der Waals surface area contributed by atoms with Gasteiger partial charge in [-0.15, -0.1) is 0 Å². The van der Waals surface area contributed by atoms with E-state index in [0.717, 1.165) is 24.6 Å². The zero-order valence-corrected chi connectivity index (χ0v) is 12.2. The van der Waals surface area contributed by atoms with Gasteiger partial charge < -0.3 is 10.1 Å². The Morgan fingerprint density at radius 1 is 1.05 bits per heavy atom. The molecule has 2 aromatic carbocycles. The maximum absolute atomic E-state index is 13.7. The largest absolute Gasteiger partial charge is 0.454 e. The van der Waals surface area contributed by atoms with Gasteiger partial charge in [0.2, 0.25) is 0 Å². The zero-order chi connectivity index (χ0) is 15.2. The van der Waals surface area contributed by atoms with Crippen LogP contribution in [-0.2, 0) is 0 Å². The molecular formula is C17H19F2NO. The molecule has 0 aliphatic carbocycles. The van der Waals surface area contributed by atoms with Gasteiger partial charge in [-0.25, -0.2) is 8.78 Å². The van der Waals surface area contributed by atoms with Crippen LogP contribution in [0.1, 0.15) is 31.9 Å². The number of benzene rings is 2. The maximum Gasteiger partial charge on any atom is 0.168 e. The highest BCUT2D eigenvalue weighted by molar-refractivity contribution is 5.40. The van der Waals surface area contributed by atoms with E-state index in [4.69, 9.17) is 4.74 Å². The lowest BCUT2D eigenvalue weighted by Gasteiger charge is -2.20. The normalized spacial score (nSPS) is 12.2. The monoisotopic (exact) mass is 291 g/mol. The second kappa shape index (κ2) is 7.18. The summed E-state index contributed by atoms with van der Waals surface area (Å²) in [7, 11) is 0. The molecule has 2 rings (SSSR count). The van der Waals surface area contributed by atoms with Crippen LogP contribution in [0, 0.1) is 11.6 Å². The van der Waals surface area contributed by atoms with Crippen LogP contribution >= 0.6 is 0 Å². The Morgan fingerprint density at radius 2 is 1.81 bits per heavy atom. The van der Waals surface area contributed by atoms with Gasteiger partial charge in [0.25, 0.3) is 0 Å². The van der Waals surface area contributed by atoms with Crippen molar-refractivity contribution < 1.29 is 13.5 Å². The first kappa shape index (κ1) is 15.4. The summed E-state index contributed by atoms with van der Waals surface area (Å²) in [6, 6.07) is 10.9. The van der Waals surface area contributed by atoms with Gasteiger partial charge in [0.05, 0.1) is 0 Å². The van der Waals surface area contributed by atoms with E-state index in [9.17, 15) is 8.78 Å². The number of nitrogens with one attached hydrogen (secondary N) is 1. The van der Waals surface area contributed by atoms with Crippen molar-refractivity contribution in [3.63, 3.8) is 0 Å². The minimum absolute atomic E-state index is 0.0233. The molecule has 0 aliphatic heterocycles. The Bertz CT molecular complexity index is 601. The summed E-state index contributed by atoms with van der Waals surface area (Å²) in [5, 5.41) is 3.36. The molecule has 2 nitrogen and oxygen atoms in total. The molecule has 2 aromatic rings. The number of hydrogen-bond acceptors (Lipinski definition) is 2. The quantitative estimate of drug-likeness (QED) is 0.824. The van der Waals surface area contributed by atoms with Crippen LogP contribution in [0.25, 0.3) is 0 Å². The Labute approximate surface area is 123 Å². The van der Waals surface area contributed by atoms with Crippen molar-refractivity contribution in [1.82, 2.24) is 5.32 Å².